The molecule has 7 heteroatoms. The van der Waals surface area contributed by atoms with Gasteiger partial charge in [0.05, 0.1) is 12.1 Å². The number of carboxylic acids is 1. The number of carboxylic acid groups (broad SMARTS) is 1. The molecule has 1 aliphatic heterocycles. The third kappa shape index (κ3) is 2.73. The molecule has 0 aromatic carbocycles. The molecule has 0 saturated carbocycles. The second-order valence-electron chi connectivity index (χ2n) is 3.94. The van der Waals surface area contributed by atoms with Crippen molar-refractivity contribution in [3.8, 4) is 0 Å². The van der Waals surface area contributed by atoms with Crippen LogP contribution in [0.15, 0.2) is 18.5 Å². The van der Waals surface area contributed by atoms with Crippen LogP contribution in [0.4, 0.5) is 0 Å². The largest absolute Gasteiger partial charge is 0.480 e. The number of amides is 1. The zero-order valence-corrected chi connectivity index (χ0v) is 10.6. The standard InChI is InChI=1S/C11H13N3O3S/c1-13-5-8(4-12-13)2-3-10(15)14-7-18-6-9(14)11(16)17/h2-5,9H,6-7H2,1H3,(H,16,17)/b3-2+/t9-/m0/s1. The summed E-state index contributed by atoms with van der Waals surface area (Å²) in [7, 11) is 1.79. The fourth-order valence-electron chi connectivity index (χ4n) is 1.65. The van der Waals surface area contributed by atoms with Crippen molar-refractivity contribution in [2.75, 3.05) is 11.6 Å². The molecule has 1 atom stereocenters. The lowest BCUT2D eigenvalue weighted by molar-refractivity contribution is -0.146. The van der Waals surface area contributed by atoms with Crippen LogP contribution in [0.1, 0.15) is 5.56 Å². The summed E-state index contributed by atoms with van der Waals surface area (Å²) >= 11 is 1.45. The molecule has 1 aromatic rings. The van der Waals surface area contributed by atoms with Crippen molar-refractivity contribution in [3.05, 3.63) is 24.0 Å². The van der Waals surface area contributed by atoms with Crippen LogP contribution >= 0.6 is 11.8 Å². The molecular weight excluding hydrogens is 254 g/mol. The third-order valence-corrected chi connectivity index (χ3v) is 3.61. The van der Waals surface area contributed by atoms with Crippen molar-refractivity contribution in [1.29, 1.82) is 0 Å². The van der Waals surface area contributed by atoms with Gasteiger partial charge < -0.3 is 10.0 Å². The summed E-state index contributed by atoms with van der Waals surface area (Å²) in [4.78, 5) is 24.2. The summed E-state index contributed by atoms with van der Waals surface area (Å²) in [5.41, 5.74) is 0.810. The highest BCUT2D eigenvalue weighted by Crippen LogP contribution is 2.21. The Bertz CT molecular complexity index is 497. The zero-order chi connectivity index (χ0) is 13.1. The second kappa shape index (κ2) is 5.26. The van der Waals surface area contributed by atoms with Gasteiger partial charge in [0.15, 0.2) is 0 Å². The van der Waals surface area contributed by atoms with Gasteiger partial charge in [0.2, 0.25) is 5.91 Å². The molecule has 0 spiro atoms. The molecular formula is C11H13N3O3S. The molecule has 1 N–H and O–H groups in total. The Labute approximate surface area is 108 Å². The number of rotatable bonds is 3. The maximum absolute atomic E-state index is 11.9. The van der Waals surface area contributed by atoms with Gasteiger partial charge in [0, 0.05) is 30.6 Å². The second-order valence-corrected chi connectivity index (χ2v) is 4.94. The lowest BCUT2D eigenvalue weighted by Gasteiger charge is -2.18. The molecule has 18 heavy (non-hydrogen) atoms. The summed E-state index contributed by atoms with van der Waals surface area (Å²) in [6.45, 7) is 0. The highest BCUT2D eigenvalue weighted by molar-refractivity contribution is 7.99. The SMILES string of the molecule is Cn1cc(/C=C/C(=O)N2CSC[C@H]2C(=O)O)cn1. The average molecular weight is 267 g/mol. The zero-order valence-electron chi connectivity index (χ0n) is 9.81. The smallest absolute Gasteiger partial charge is 0.327 e. The van der Waals surface area contributed by atoms with Gasteiger partial charge in [0.25, 0.3) is 0 Å². The number of aryl methyl sites for hydroxylation is 1. The number of aromatic nitrogens is 2. The fourth-order valence-corrected chi connectivity index (χ4v) is 2.81. The van der Waals surface area contributed by atoms with Crippen LogP contribution in [0, 0.1) is 0 Å². The van der Waals surface area contributed by atoms with Gasteiger partial charge in [0.1, 0.15) is 6.04 Å². The lowest BCUT2D eigenvalue weighted by atomic mass is 10.2. The summed E-state index contributed by atoms with van der Waals surface area (Å²) < 4.78 is 1.63. The predicted octanol–water partition coefficient (Wildman–Crippen LogP) is 0.419. The van der Waals surface area contributed by atoms with Crippen LogP contribution in [0.25, 0.3) is 6.08 Å². The molecule has 0 bridgehead atoms. The molecule has 1 aliphatic rings. The van der Waals surface area contributed by atoms with Gasteiger partial charge in [-0.1, -0.05) is 0 Å². The van der Waals surface area contributed by atoms with E-state index in [0.29, 0.717) is 11.6 Å². The van der Waals surface area contributed by atoms with E-state index < -0.39 is 12.0 Å². The van der Waals surface area contributed by atoms with Crippen molar-refractivity contribution in [3.63, 3.8) is 0 Å². The highest BCUT2D eigenvalue weighted by Gasteiger charge is 2.33. The van der Waals surface area contributed by atoms with Gasteiger partial charge in [-0.3, -0.25) is 9.48 Å². The Morgan fingerprint density at radius 2 is 2.39 bits per heavy atom. The number of hydrogen-bond acceptors (Lipinski definition) is 4. The first-order chi connectivity index (χ1) is 8.58. The Morgan fingerprint density at radius 3 is 3.00 bits per heavy atom. The molecule has 2 heterocycles. The first kappa shape index (κ1) is 12.7. The maximum atomic E-state index is 11.9. The van der Waals surface area contributed by atoms with Crippen molar-refractivity contribution in [2.24, 2.45) is 7.05 Å². The Morgan fingerprint density at radius 1 is 1.61 bits per heavy atom. The lowest BCUT2D eigenvalue weighted by Crippen LogP contribution is -2.40. The van der Waals surface area contributed by atoms with E-state index in [1.54, 1.807) is 30.2 Å². The minimum atomic E-state index is -0.955. The van der Waals surface area contributed by atoms with Gasteiger partial charge in [-0.05, 0) is 6.08 Å². The summed E-state index contributed by atoms with van der Waals surface area (Å²) in [6, 6.07) is -0.721. The van der Waals surface area contributed by atoms with E-state index in [4.69, 9.17) is 5.11 Å². The highest BCUT2D eigenvalue weighted by atomic mass is 32.2. The van der Waals surface area contributed by atoms with E-state index >= 15 is 0 Å². The predicted molar refractivity (Wildman–Crippen MR) is 67.8 cm³/mol. The minimum Gasteiger partial charge on any atom is -0.480 e. The van der Waals surface area contributed by atoms with E-state index in [1.807, 2.05) is 0 Å². The first-order valence-electron chi connectivity index (χ1n) is 5.36. The molecule has 96 valence electrons. The number of carbonyl (C=O) groups excluding carboxylic acids is 1. The molecule has 2 rings (SSSR count). The average Bonchev–Trinajstić information content (AvgIpc) is 2.94. The van der Waals surface area contributed by atoms with E-state index in [1.165, 1.54) is 22.7 Å². The molecule has 0 aliphatic carbocycles. The van der Waals surface area contributed by atoms with Crippen LogP contribution in [0.3, 0.4) is 0 Å². The van der Waals surface area contributed by atoms with Crippen LogP contribution < -0.4 is 0 Å². The number of hydrogen-bond donors (Lipinski definition) is 1. The molecule has 6 nitrogen and oxygen atoms in total. The molecule has 1 fully saturated rings. The molecule has 0 unspecified atom stereocenters. The van der Waals surface area contributed by atoms with E-state index in [0.717, 1.165) is 5.56 Å². The Balaban J connectivity index is 2.03. The summed E-state index contributed by atoms with van der Waals surface area (Å²) in [5, 5.41) is 13.0. The van der Waals surface area contributed by atoms with E-state index in [2.05, 4.69) is 5.10 Å². The number of thioether (sulfide) groups is 1. The van der Waals surface area contributed by atoms with Gasteiger partial charge in [-0.15, -0.1) is 11.8 Å². The van der Waals surface area contributed by atoms with Gasteiger partial charge in [-0.25, -0.2) is 4.79 Å². The number of nitrogens with zero attached hydrogens (tertiary/aromatic N) is 3. The molecule has 0 radical (unpaired) electrons. The third-order valence-electron chi connectivity index (χ3n) is 2.59. The number of carbonyl (C=O) groups is 2. The van der Waals surface area contributed by atoms with Crippen LogP contribution in [0.2, 0.25) is 0 Å². The van der Waals surface area contributed by atoms with Gasteiger partial charge in [-0.2, -0.15) is 5.10 Å². The summed E-state index contributed by atoms with van der Waals surface area (Å²) in [6.07, 6.45) is 6.43. The Kier molecular flexibility index (Phi) is 3.71. The molecule has 1 amide bonds. The maximum Gasteiger partial charge on any atom is 0.327 e. The molecule has 1 saturated heterocycles. The van der Waals surface area contributed by atoms with Crippen molar-refractivity contribution in [2.45, 2.75) is 6.04 Å². The van der Waals surface area contributed by atoms with Crippen molar-refractivity contribution in [1.82, 2.24) is 14.7 Å². The van der Waals surface area contributed by atoms with Crippen LogP contribution in [-0.4, -0.2) is 49.3 Å². The van der Waals surface area contributed by atoms with E-state index in [9.17, 15) is 9.59 Å². The van der Waals surface area contributed by atoms with Crippen molar-refractivity contribution >= 4 is 29.7 Å². The molecule has 1 aromatic heterocycles. The van der Waals surface area contributed by atoms with Gasteiger partial charge >= 0.3 is 5.97 Å². The quantitative estimate of drug-likeness (QED) is 0.803. The fraction of sp³-hybridized carbons (Fsp3) is 0.364. The minimum absolute atomic E-state index is 0.281. The van der Waals surface area contributed by atoms with Crippen LogP contribution in [-0.2, 0) is 16.6 Å². The summed E-state index contributed by atoms with van der Waals surface area (Å²) in [5.74, 6) is -0.367. The number of aliphatic carboxylic acids is 1. The monoisotopic (exact) mass is 267 g/mol. The normalized spacial score (nSPS) is 19.6. The topological polar surface area (TPSA) is 75.4 Å². The Hall–Kier alpha value is -1.76. The van der Waals surface area contributed by atoms with Crippen molar-refractivity contribution < 1.29 is 14.7 Å². The van der Waals surface area contributed by atoms with E-state index in [-0.39, 0.29) is 5.91 Å². The van der Waals surface area contributed by atoms with Crippen LogP contribution in [0.5, 0.6) is 0 Å². The first-order valence-corrected chi connectivity index (χ1v) is 6.51.